The molecule has 0 aromatic heterocycles. The molecule has 0 heterocycles. The second-order valence-corrected chi connectivity index (χ2v) is 1.30. The lowest BCUT2D eigenvalue weighted by molar-refractivity contribution is 0.712. The molecule has 0 atom stereocenters. The van der Waals surface area contributed by atoms with Crippen LogP contribution in [0, 0.1) is 0 Å². The van der Waals surface area contributed by atoms with E-state index in [4.69, 9.17) is 0 Å². The highest BCUT2D eigenvalue weighted by Crippen LogP contribution is 1.76. The molecule has 0 radical (unpaired) electrons. The first-order valence-electron chi connectivity index (χ1n) is 2.45. The summed E-state index contributed by atoms with van der Waals surface area (Å²) in [4.78, 5) is 0. The van der Waals surface area contributed by atoms with E-state index in [0.29, 0.717) is 0 Å². The second kappa shape index (κ2) is 16.5. The largest absolute Gasteiger partial charge is 0.397 e. The molecular formula is C4H12F2Si. The Morgan fingerprint density at radius 3 is 1.29 bits per heavy atom. The summed E-state index contributed by atoms with van der Waals surface area (Å²) >= 11 is 0. The van der Waals surface area contributed by atoms with Crippen molar-refractivity contribution in [1.29, 1.82) is 0 Å². The Labute approximate surface area is 46.1 Å². The minimum absolute atomic E-state index is 1.32. The summed E-state index contributed by atoms with van der Waals surface area (Å²) in [6.45, 7) is 4.36. The van der Waals surface area contributed by atoms with Crippen LogP contribution in [0.25, 0.3) is 0 Å². The Balaban J connectivity index is 0. The normalized spacial score (nSPS) is 6.86. The van der Waals surface area contributed by atoms with Gasteiger partial charge in [0, 0.05) is 0 Å². The fourth-order valence-corrected chi connectivity index (χ4v) is 0. The van der Waals surface area contributed by atoms with Crippen molar-refractivity contribution < 1.29 is 8.22 Å². The summed E-state index contributed by atoms with van der Waals surface area (Å²) in [5.74, 6) is 0. The molecule has 0 saturated carbocycles. The first-order chi connectivity index (χ1) is 3.33. The molecule has 0 N–H and O–H groups in total. The van der Waals surface area contributed by atoms with E-state index in [1.807, 2.05) is 0 Å². The van der Waals surface area contributed by atoms with Crippen LogP contribution in [0.4, 0.5) is 8.22 Å². The minimum atomic E-state index is -2.58. The summed E-state index contributed by atoms with van der Waals surface area (Å²) in [6, 6.07) is 0. The highest BCUT2D eigenvalue weighted by Gasteiger charge is 1.56. The molecule has 0 aliphatic heterocycles. The van der Waals surface area contributed by atoms with Gasteiger partial charge in [0.05, 0.1) is 0 Å². The minimum Gasteiger partial charge on any atom is -0.279 e. The molecule has 0 fully saturated rings. The zero-order chi connectivity index (χ0) is 6.12. The van der Waals surface area contributed by atoms with Crippen molar-refractivity contribution >= 4 is 10.2 Å². The summed E-state index contributed by atoms with van der Waals surface area (Å²) in [5, 5.41) is 0. The van der Waals surface area contributed by atoms with E-state index in [1.165, 1.54) is 12.8 Å². The fourth-order valence-electron chi connectivity index (χ4n) is 0. The van der Waals surface area contributed by atoms with E-state index in [9.17, 15) is 8.22 Å². The maximum Gasteiger partial charge on any atom is 0.397 e. The second-order valence-electron chi connectivity index (χ2n) is 1.10. The van der Waals surface area contributed by atoms with Crippen LogP contribution >= 0.6 is 0 Å². The lowest BCUT2D eigenvalue weighted by Gasteiger charge is -1.68. The molecule has 0 bridgehead atoms. The van der Waals surface area contributed by atoms with E-state index in [2.05, 4.69) is 13.8 Å². The molecule has 0 unspecified atom stereocenters. The summed E-state index contributed by atoms with van der Waals surface area (Å²) in [6.07, 6.45) is 2.64. The van der Waals surface area contributed by atoms with E-state index < -0.39 is 10.2 Å². The number of hydrogen-bond acceptors (Lipinski definition) is 0. The predicted octanol–water partition coefficient (Wildman–Crippen LogP) is 1.73. The zero-order valence-corrected chi connectivity index (χ0v) is 6.29. The van der Waals surface area contributed by atoms with Gasteiger partial charge in [-0.3, -0.25) is 8.22 Å². The topological polar surface area (TPSA) is 0 Å². The number of unbranched alkanes of at least 4 members (excludes halogenated alkanes) is 1. The van der Waals surface area contributed by atoms with Crippen LogP contribution in [0.2, 0.25) is 0 Å². The smallest absolute Gasteiger partial charge is 0.279 e. The maximum atomic E-state index is 9.76. The highest BCUT2D eigenvalue weighted by molar-refractivity contribution is 6.15. The Morgan fingerprint density at radius 2 is 1.29 bits per heavy atom. The first-order valence-corrected chi connectivity index (χ1v) is 3.52. The van der Waals surface area contributed by atoms with Gasteiger partial charge < -0.3 is 0 Å². The Morgan fingerprint density at radius 1 is 1.14 bits per heavy atom. The van der Waals surface area contributed by atoms with Crippen molar-refractivity contribution in [3.05, 3.63) is 0 Å². The van der Waals surface area contributed by atoms with Crippen molar-refractivity contribution in [3.63, 3.8) is 0 Å². The molecule has 0 spiro atoms. The van der Waals surface area contributed by atoms with Gasteiger partial charge in [0.15, 0.2) is 0 Å². The lowest BCUT2D eigenvalue weighted by Crippen LogP contribution is -1.47. The monoisotopic (exact) mass is 126 g/mol. The molecule has 0 saturated heterocycles. The molecule has 0 aliphatic carbocycles. The van der Waals surface area contributed by atoms with Crippen molar-refractivity contribution in [2.45, 2.75) is 26.7 Å². The number of hydrogen-bond donors (Lipinski definition) is 0. The quantitative estimate of drug-likeness (QED) is 0.371. The standard InChI is InChI=1S/C4H10.F2H2Si/c1-3-4-2;1-3-2/h3-4H2,1-2H3;3H2. The summed E-state index contributed by atoms with van der Waals surface area (Å²) < 4.78 is 19.5. The van der Waals surface area contributed by atoms with E-state index in [0.717, 1.165) is 0 Å². The van der Waals surface area contributed by atoms with Crippen LogP contribution in [-0.2, 0) is 0 Å². The van der Waals surface area contributed by atoms with Gasteiger partial charge in [-0.25, -0.2) is 0 Å². The average molecular weight is 126 g/mol. The van der Waals surface area contributed by atoms with E-state index in [1.54, 1.807) is 0 Å². The molecular weight excluding hydrogens is 114 g/mol. The SMILES string of the molecule is CCCC.F[SiH2]F. The van der Waals surface area contributed by atoms with Crippen LogP contribution in [-0.4, -0.2) is 10.2 Å². The lowest BCUT2D eigenvalue weighted by atomic mass is 10.4. The summed E-state index contributed by atoms with van der Waals surface area (Å²) in [5.41, 5.74) is 0. The molecule has 0 aromatic rings. The van der Waals surface area contributed by atoms with Gasteiger partial charge in [-0.05, 0) is 0 Å². The van der Waals surface area contributed by atoms with Crippen molar-refractivity contribution in [2.75, 3.05) is 0 Å². The Hall–Kier alpha value is 0.0769. The first kappa shape index (κ1) is 10.1. The fraction of sp³-hybridized carbons (Fsp3) is 1.00. The number of rotatable bonds is 1. The summed E-state index contributed by atoms with van der Waals surface area (Å²) in [7, 11) is -2.58. The molecule has 0 amide bonds. The van der Waals surface area contributed by atoms with Crippen LogP contribution in [0.1, 0.15) is 26.7 Å². The van der Waals surface area contributed by atoms with Crippen LogP contribution in [0.3, 0.4) is 0 Å². The Bertz CT molecular complexity index is 17.2. The third kappa shape index (κ3) is 87.1. The predicted molar refractivity (Wildman–Crippen MR) is 31.3 cm³/mol. The maximum absolute atomic E-state index is 9.76. The van der Waals surface area contributed by atoms with Gasteiger partial charge in [0.25, 0.3) is 0 Å². The number of halogens is 2. The molecule has 0 aliphatic rings. The highest BCUT2D eigenvalue weighted by atomic mass is 28.3. The molecule has 7 heavy (non-hydrogen) atoms. The third-order valence-corrected chi connectivity index (χ3v) is 0.500. The van der Waals surface area contributed by atoms with Crippen LogP contribution in [0.5, 0.6) is 0 Å². The van der Waals surface area contributed by atoms with E-state index in [-0.39, 0.29) is 0 Å². The van der Waals surface area contributed by atoms with Crippen molar-refractivity contribution in [3.8, 4) is 0 Å². The van der Waals surface area contributed by atoms with Gasteiger partial charge in [0.1, 0.15) is 0 Å². The van der Waals surface area contributed by atoms with Gasteiger partial charge in [-0.2, -0.15) is 0 Å². The zero-order valence-electron chi connectivity index (χ0n) is 4.88. The molecule has 3 heteroatoms. The average Bonchev–Trinajstić information content (AvgIpc) is 1.69. The van der Waals surface area contributed by atoms with Crippen molar-refractivity contribution in [1.82, 2.24) is 0 Å². The Kier molecular flexibility index (Phi) is 24.0. The van der Waals surface area contributed by atoms with E-state index >= 15 is 0 Å². The van der Waals surface area contributed by atoms with Gasteiger partial charge in [0.2, 0.25) is 0 Å². The van der Waals surface area contributed by atoms with Gasteiger partial charge in [-0.1, -0.05) is 26.7 Å². The van der Waals surface area contributed by atoms with Crippen LogP contribution in [0.15, 0.2) is 0 Å². The van der Waals surface area contributed by atoms with Gasteiger partial charge in [-0.15, -0.1) is 0 Å². The molecule has 46 valence electrons. The molecule has 0 nitrogen and oxygen atoms in total. The van der Waals surface area contributed by atoms with Gasteiger partial charge >= 0.3 is 10.2 Å². The van der Waals surface area contributed by atoms with Crippen LogP contribution < -0.4 is 0 Å². The third-order valence-electron chi connectivity index (χ3n) is 0.500. The molecule has 0 aromatic carbocycles. The molecule has 0 rings (SSSR count). The van der Waals surface area contributed by atoms with Crippen molar-refractivity contribution in [2.24, 2.45) is 0 Å².